The van der Waals surface area contributed by atoms with Gasteiger partial charge in [0.25, 0.3) is 0 Å². The van der Waals surface area contributed by atoms with E-state index in [2.05, 4.69) is 21.3 Å². The minimum atomic E-state index is -1.01. The van der Waals surface area contributed by atoms with Gasteiger partial charge in [0.1, 0.15) is 25.3 Å². The quantitative estimate of drug-likeness (QED) is 0.0690. The fourth-order valence-corrected chi connectivity index (χ4v) is 6.27. The molecule has 0 aliphatic heterocycles. The van der Waals surface area contributed by atoms with Crippen LogP contribution in [0.1, 0.15) is 62.8 Å². The highest BCUT2D eigenvalue weighted by Gasteiger charge is 2.31. The number of ether oxygens (including phenoxy) is 2. The van der Waals surface area contributed by atoms with Crippen LogP contribution in [0, 0.1) is 11.8 Å². The molecule has 11 nitrogen and oxygen atoms in total. The Balaban J connectivity index is 1.44. The molecule has 2 unspecified atom stereocenters. The van der Waals surface area contributed by atoms with Crippen molar-refractivity contribution >= 4 is 24.0 Å². The number of aliphatic hydroxyl groups excluding tert-OH is 1. The molecule has 0 aliphatic rings. The highest BCUT2D eigenvalue weighted by molar-refractivity contribution is 5.86. The number of nitrogens with one attached hydrogen (secondary N) is 4. The summed E-state index contributed by atoms with van der Waals surface area (Å²) in [5.74, 6) is -1.34. The van der Waals surface area contributed by atoms with Gasteiger partial charge >= 0.3 is 12.2 Å². The summed E-state index contributed by atoms with van der Waals surface area (Å²) in [5.41, 5.74) is 3.54. The number of amides is 4. The molecular formula is C45H56N4O7. The zero-order chi connectivity index (χ0) is 40.3. The Kier molecular flexibility index (Phi) is 17.4. The number of carbonyl (C=O) groups excluding carboxylic acids is 4. The lowest BCUT2D eigenvalue weighted by Crippen LogP contribution is -2.55. The van der Waals surface area contributed by atoms with Gasteiger partial charge < -0.3 is 35.8 Å². The predicted molar refractivity (Wildman–Crippen MR) is 216 cm³/mol. The van der Waals surface area contributed by atoms with Gasteiger partial charge in [0.15, 0.2) is 0 Å². The molecule has 5 N–H and O–H groups in total. The molecule has 4 amide bonds. The van der Waals surface area contributed by atoms with E-state index in [9.17, 15) is 24.3 Å². The summed E-state index contributed by atoms with van der Waals surface area (Å²) >= 11 is 0. The first-order valence-electron chi connectivity index (χ1n) is 19.3. The van der Waals surface area contributed by atoms with Crippen molar-refractivity contribution in [1.29, 1.82) is 0 Å². The van der Waals surface area contributed by atoms with Crippen LogP contribution >= 0.6 is 0 Å². The van der Waals surface area contributed by atoms with Gasteiger partial charge in [-0.3, -0.25) is 9.59 Å². The summed E-state index contributed by atoms with van der Waals surface area (Å²) in [6, 6.07) is 34.9. The number of alkyl carbamates (subject to hydrolysis) is 2. The first kappa shape index (κ1) is 43.1. The van der Waals surface area contributed by atoms with Crippen molar-refractivity contribution < 1.29 is 33.8 Å². The predicted octanol–water partition coefficient (Wildman–Crippen LogP) is 6.48. The second-order valence-corrected chi connectivity index (χ2v) is 14.7. The maximum Gasteiger partial charge on any atom is 0.408 e. The van der Waals surface area contributed by atoms with Crippen LogP contribution < -0.4 is 21.3 Å². The Labute approximate surface area is 330 Å². The third-order valence-corrected chi connectivity index (χ3v) is 9.44. The molecule has 0 heterocycles. The molecule has 298 valence electrons. The maximum atomic E-state index is 13.8. The SMILES string of the molecule is CC(C)C(NC(=O)OCc1ccccc1)C(=O)N[C@H](CC[C@H](O)[C@H](Cc1ccccc1)NC(=O)C(NC(=O)OCc1ccccc1)C(C)C)Cc1ccccc1. The van der Waals surface area contributed by atoms with Crippen molar-refractivity contribution in [2.45, 2.75) is 96.9 Å². The smallest absolute Gasteiger partial charge is 0.408 e. The van der Waals surface area contributed by atoms with Gasteiger partial charge in [0.2, 0.25) is 11.8 Å². The molecule has 4 aromatic carbocycles. The Morgan fingerprint density at radius 2 is 0.875 bits per heavy atom. The Bertz CT molecular complexity index is 1780. The third kappa shape index (κ3) is 14.9. The van der Waals surface area contributed by atoms with Crippen LogP contribution in [0.25, 0.3) is 0 Å². The Morgan fingerprint density at radius 3 is 1.29 bits per heavy atom. The standard InChI is InChI=1S/C45H56N4O7/c1-31(2)40(48-44(53)55-29-35-21-13-7-14-22-35)42(51)46-37(27-33-17-9-5-10-18-33)25-26-39(50)38(28-34-19-11-6-12-20-34)47-43(52)41(32(3)4)49-45(54)56-30-36-23-15-8-16-24-36/h5-24,31-32,37-41,50H,25-30H2,1-4H3,(H,46,51)(H,47,52)(H,48,53)(H,49,54)/t37-,38+,39+,40?,41?/m1/s1. The van der Waals surface area contributed by atoms with E-state index in [1.54, 1.807) is 0 Å². The average molecular weight is 765 g/mol. The fraction of sp³-hybridized carbons (Fsp3) is 0.378. The second-order valence-electron chi connectivity index (χ2n) is 14.7. The molecule has 0 saturated carbocycles. The molecule has 0 saturated heterocycles. The highest BCUT2D eigenvalue weighted by atomic mass is 16.6. The topological polar surface area (TPSA) is 155 Å². The molecule has 4 rings (SSSR count). The van der Waals surface area contributed by atoms with Crippen LogP contribution in [0.4, 0.5) is 9.59 Å². The van der Waals surface area contributed by atoms with E-state index in [1.807, 2.05) is 149 Å². The monoisotopic (exact) mass is 764 g/mol. The lowest BCUT2D eigenvalue weighted by atomic mass is 9.93. The second kappa shape index (κ2) is 22.6. The van der Waals surface area contributed by atoms with Crippen LogP contribution in [0.5, 0.6) is 0 Å². The first-order valence-corrected chi connectivity index (χ1v) is 19.3. The Morgan fingerprint density at radius 1 is 0.500 bits per heavy atom. The van der Waals surface area contributed by atoms with Crippen molar-refractivity contribution in [3.05, 3.63) is 144 Å². The number of hydrogen-bond donors (Lipinski definition) is 5. The van der Waals surface area contributed by atoms with E-state index in [-0.39, 0.29) is 37.4 Å². The molecule has 0 aromatic heterocycles. The minimum absolute atomic E-state index is 0.0570. The summed E-state index contributed by atoms with van der Waals surface area (Å²) in [5, 5.41) is 23.3. The molecule has 0 fully saturated rings. The van der Waals surface area contributed by atoms with E-state index < -0.39 is 48.4 Å². The van der Waals surface area contributed by atoms with Crippen molar-refractivity contribution in [2.24, 2.45) is 11.8 Å². The molecule has 5 atom stereocenters. The lowest BCUT2D eigenvalue weighted by molar-refractivity contribution is -0.125. The molecule has 4 aromatic rings. The number of aliphatic hydroxyl groups is 1. The highest BCUT2D eigenvalue weighted by Crippen LogP contribution is 2.17. The summed E-state index contributed by atoms with van der Waals surface area (Å²) < 4.78 is 10.8. The van der Waals surface area contributed by atoms with Crippen LogP contribution in [-0.4, -0.2) is 59.4 Å². The number of rotatable bonds is 20. The van der Waals surface area contributed by atoms with Gasteiger partial charge in [-0.25, -0.2) is 9.59 Å². The van der Waals surface area contributed by atoms with Gasteiger partial charge in [-0.05, 0) is 59.8 Å². The van der Waals surface area contributed by atoms with Crippen LogP contribution in [0.2, 0.25) is 0 Å². The van der Waals surface area contributed by atoms with Gasteiger partial charge in [-0.1, -0.05) is 149 Å². The van der Waals surface area contributed by atoms with Gasteiger partial charge in [-0.15, -0.1) is 0 Å². The number of carbonyl (C=O) groups is 4. The van der Waals surface area contributed by atoms with Crippen LogP contribution in [0.3, 0.4) is 0 Å². The minimum Gasteiger partial charge on any atom is -0.445 e. The van der Waals surface area contributed by atoms with Crippen molar-refractivity contribution in [3.63, 3.8) is 0 Å². The number of hydrogen-bond acceptors (Lipinski definition) is 7. The molecule has 0 aliphatic carbocycles. The molecule has 0 radical (unpaired) electrons. The van der Waals surface area contributed by atoms with Crippen LogP contribution in [0.15, 0.2) is 121 Å². The fourth-order valence-electron chi connectivity index (χ4n) is 6.27. The van der Waals surface area contributed by atoms with Crippen molar-refractivity contribution in [2.75, 3.05) is 0 Å². The van der Waals surface area contributed by atoms with Gasteiger partial charge in [-0.2, -0.15) is 0 Å². The molecular weight excluding hydrogens is 709 g/mol. The lowest BCUT2D eigenvalue weighted by Gasteiger charge is -2.30. The van der Waals surface area contributed by atoms with Crippen molar-refractivity contribution in [3.8, 4) is 0 Å². The van der Waals surface area contributed by atoms with Crippen molar-refractivity contribution in [1.82, 2.24) is 21.3 Å². The number of benzene rings is 4. The largest absolute Gasteiger partial charge is 0.445 e. The van der Waals surface area contributed by atoms with Crippen LogP contribution in [-0.2, 0) is 45.1 Å². The summed E-state index contributed by atoms with van der Waals surface area (Å²) in [6.45, 7) is 7.46. The van der Waals surface area contributed by atoms with E-state index in [0.717, 1.165) is 22.3 Å². The van der Waals surface area contributed by atoms with E-state index >= 15 is 0 Å². The van der Waals surface area contributed by atoms with Gasteiger partial charge in [0.05, 0.1) is 12.1 Å². The summed E-state index contributed by atoms with van der Waals surface area (Å²) in [6.07, 6.45) is -1.03. The molecule has 0 bridgehead atoms. The summed E-state index contributed by atoms with van der Waals surface area (Å²) in [4.78, 5) is 53.1. The maximum absolute atomic E-state index is 13.8. The zero-order valence-electron chi connectivity index (χ0n) is 32.7. The molecule has 56 heavy (non-hydrogen) atoms. The zero-order valence-corrected chi connectivity index (χ0v) is 32.7. The molecule has 0 spiro atoms. The average Bonchev–Trinajstić information content (AvgIpc) is 3.20. The van der Waals surface area contributed by atoms with Gasteiger partial charge in [0, 0.05) is 6.04 Å². The van der Waals surface area contributed by atoms with E-state index in [1.165, 1.54) is 0 Å². The first-order chi connectivity index (χ1) is 27.0. The third-order valence-electron chi connectivity index (χ3n) is 9.44. The molecule has 11 heteroatoms. The Hall–Kier alpha value is -5.68. The van der Waals surface area contributed by atoms with E-state index in [0.29, 0.717) is 19.3 Å². The normalized spacial score (nSPS) is 13.8. The van der Waals surface area contributed by atoms with E-state index in [4.69, 9.17) is 9.47 Å². The summed E-state index contributed by atoms with van der Waals surface area (Å²) in [7, 11) is 0.